The van der Waals surface area contributed by atoms with Crippen LogP contribution in [-0.4, -0.2) is 22.1 Å². The SMILES string of the molecule is C=CN1C2CCC1C(c1cc(-c3ccccc3)no1)[C@@H](c1ccc(Cl)cc1)C2. The summed E-state index contributed by atoms with van der Waals surface area (Å²) < 4.78 is 5.94. The molecule has 1 aromatic heterocycles. The molecule has 5 rings (SSSR count). The number of hydrogen-bond acceptors (Lipinski definition) is 3. The molecular formula is C24H23ClN2O. The second kappa shape index (κ2) is 7.14. The Hall–Kier alpha value is -2.52. The van der Waals surface area contributed by atoms with Crippen LogP contribution < -0.4 is 0 Å². The molecule has 2 aliphatic rings. The van der Waals surface area contributed by atoms with E-state index >= 15 is 0 Å². The van der Waals surface area contributed by atoms with E-state index in [4.69, 9.17) is 16.1 Å². The van der Waals surface area contributed by atoms with E-state index in [-0.39, 0.29) is 5.92 Å². The lowest BCUT2D eigenvalue weighted by Gasteiger charge is -2.43. The summed E-state index contributed by atoms with van der Waals surface area (Å²) >= 11 is 6.14. The molecular weight excluding hydrogens is 368 g/mol. The third-order valence-electron chi connectivity index (χ3n) is 6.41. The van der Waals surface area contributed by atoms with Gasteiger partial charge in [-0.2, -0.15) is 0 Å². The van der Waals surface area contributed by atoms with Crippen LogP contribution in [0.25, 0.3) is 11.3 Å². The lowest BCUT2D eigenvalue weighted by atomic mass is 9.75. The molecule has 3 aromatic rings. The van der Waals surface area contributed by atoms with E-state index in [1.54, 1.807) is 0 Å². The normalized spacial score (nSPS) is 26.4. The highest BCUT2D eigenvalue weighted by molar-refractivity contribution is 6.30. The smallest absolute Gasteiger partial charge is 0.143 e. The average molecular weight is 391 g/mol. The Morgan fingerprint density at radius 1 is 1.07 bits per heavy atom. The molecule has 2 fully saturated rings. The van der Waals surface area contributed by atoms with Crippen molar-refractivity contribution in [2.24, 2.45) is 0 Å². The average Bonchev–Trinajstić information content (AvgIpc) is 3.33. The predicted molar refractivity (Wildman–Crippen MR) is 112 cm³/mol. The lowest BCUT2D eigenvalue weighted by Crippen LogP contribution is -2.43. The Bertz CT molecular complexity index is 966. The molecule has 0 saturated carbocycles. The van der Waals surface area contributed by atoms with Gasteiger partial charge in [0.2, 0.25) is 0 Å². The van der Waals surface area contributed by atoms with Gasteiger partial charge in [-0.05, 0) is 49.1 Å². The molecule has 0 N–H and O–H groups in total. The third-order valence-corrected chi connectivity index (χ3v) is 6.66. The van der Waals surface area contributed by atoms with Gasteiger partial charge < -0.3 is 9.42 Å². The second-order valence-corrected chi connectivity index (χ2v) is 8.26. The summed E-state index contributed by atoms with van der Waals surface area (Å²) in [5.74, 6) is 1.61. The van der Waals surface area contributed by atoms with Gasteiger partial charge in [0.05, 0.1) is 0 Å². The van der Waals surface area contributed by atoms with E-state index in [2.05, 4.69) is 47.0 Å². The van der Waals surface area contributed by atoms with Crippen LogP contribution in [-0.2, 0) is 0 Å². The molecule has 3 heterocycles. The monoisotopic (exact) mass is 390 g/mol. The zero-order valence-electron chi connectivity index (χ0n) is 15.7. The number of halogens is 1. The fraction of sp³-hybridized carbons (Fsp3) is 0.292. The Balaban J connectivity index is 1.55. The fourth-order valence-electron chi connectivity index (χ4n) is 5.16. The van der Waals surface area contributed by atoms with Gasteiger partial charge in [-0.15, -0.1) is 0 Å². The van der Waals surface area contributed by atoms with Gasteiger partial charge in [-0.25, -0.2) is 0 Å². The van der Waals surface area contributed by atoms with E-state index in [1.807, 2.05) is 36.5 Å². The van der Waals surface area contributed by atoms with Crippen LogP contribution in [0.3, 0.4) is 0 Å². The van der Waals surface area contributed by atoms with Gasteiger partial charge in [0, 0.05) is 34.7 Å². The van der Waals surface area contributed by atoms with Gasteiger partial charge in [0.1, 0.15) is 11.5 Å². The van der Waals surface area contributed by atoms with Crippen LogP contribution in [0.15, 0.2) is 78.0 Å². The number of aromatic nitrogens is 1. The van der Waals surface area contributed by atoms with Crippen molar-refractivity contribution in [3.05, 3.63) is 89.8 Å². The van der Waals surface area contributed by atoms with Crippen molar-refractivity contribution in [3.8, 4) is 11.3 Å². The molecule has 0 aliphatic carbocycles. The number of benzene rings is 2. The molecule has 2 aromatic carbocycles. The van der Waals surface area contributed by atoms with Gasteiger partial charge in [0.25, 0.3) is 0 Å². The van der Waals surface area contributed by atoms with Crippen molar-refractivity contribution in [1.29, 1.82) is 0 Å². The summed E-state index contributed by atoms with van der Waals surface area (Å²) in [6.45, 7) is 4.08. The predicted octanol–water partition coefficient (Wildman–Crippen LogP) is 6.24. The Kier molecular flexibility index (Phi) is 4.48. The standard InChI is InChI=1S/C24H23ClN2O/c1-2-27-19-12-13-22(27)24(20(14-19)16-8-10-18(25)11-9-16)23-15-21(26-28-23)17-6-4-3-5-7-17/h2-11,15,19-20,22,24H,1,12-14H2/t19?,20-,22?,24?/m1/s1. The van der Waals surface area contributed by atoms with E-state index in [0.29, 0.717) is 18.0 Å². The first kappa shape index (κ1) is 17.6. The number of rotatable bonds is 4. The van der Waals surface area contributed by atoms with Crippen molar-refractivity contribution >= 4 is 11.6 Å². The Labute approximate surface area is 170 Å². The van der Waals surface area contributed by atoms with E-state index < -0.39 is 0 Å². The summed E-state index contributed by atoms with van der Waals surface area (Å²) in [6, 6.07) is 21.6. The molecule has 2 bridgehead atoms. The van der Waals surface area contributed by atoms with E-state index in [0.717, 1.165) is 34.9 Å². The maximum atomic E-state index is 6.14. The van der Waals surface area contributed by atoms with Crippen LogP contribution in [0.2, 0.25) is 5.02 Å². The van der Waals surface area contributed by atoms with Crippen LogP contribution in [0.4, 0.5) is 0 Å². The first-order valence-corrected chi connectivity index (χ1v) is 10.3. The zero-order valence-corrected chi connectivity index (χ0v) is 16.4. The molecule has 0 amide bonds. The highest BCUT2D eigenvalue weighted by Gasteiger charge is 2.48. The third kappa shape index (κ3) is 2.94. The Morgan fingerprint density at radius 2 is 1.86 bits per heavy atom. The molecule has 4 heteroatoms. The lowest BCUT2D eigenvalue weighted by molar-refractivity contribution is 0.143. The largest absolute Gasteiger partial charge is 0.371 e. The molecule has 2 saturated heterocycles. The summed E-state index contributed by atoms with van der Waals surface area (Å²) in [6.07, 6.45) is 5.47. The molecule has 142 valence electrons. The van der Waals surface area contributed by atoms with Crippen molar-refractivity contribution in [2.75, 3.05) is 0 Å². The summed E-state index contributed by atoms with van der Waals surface area (Å²) in [5, 5.41) is 5.17. The van der Waals surface area contributed by atoms with Crippen LogP contribution in [0.1, 0.15) is 42.4 Å². The van der Waals surface area contributed by atoms with E-state index in [1.165, 1.54) is 12.0 Å². The molecule has 2 aliphatic heterocycles. The highest BCUT2D eigenvalue weighted by Crippen LogP contribution is 2.52. The summed E-state index contributed by atoms with van der Waals surface area (Å²) in [4.78, 5) is 2.45. The highest BCUT2D eigenvalue weighted by atomic mass is 35.5. The molecule has 3 nitrogen and oxygen atoms in total. The maximum absolute atomic E-state index is 6.14. The summed E-state index contributed by atoms with van der Waals surface area (Å²) in [5.41, 5.74) is 3.31. The van der Waals surface area contributed by atoms with E-state index in [9.17, 15) is 0 Å². The Morgan fingerprint density at radius 3 is 2.61 bits per heavy atom. The van der Waals surface area contributed by atoms with Crippen molar-refractivity contribution in [2.45, 2.75) is 43.2 Å². The van der Waals surface area contributed by atoms with Crippen molar-refractivity contribution in [3.63, 3.8) is 0 Å². The summed E-state index contributed by atoms with van der Waals surface area (Å²) in [7, 11) is 0. The first-order valence-electron chi connectivity index (χ1n) is 9.92. The van der Waals surface area contributed by atoms with Gasteiger partial charge in [0.15, 0.2) is 0 Å². The van der Waals surface area contributed by atoms with Crippen LogP contribution >= 0.6 is 11.6 Å². The van der Waals surface area contributed by atoms with Crippen LogP contribution in [0.5, 0.6) is 0 Å². The minimum absolute atomic E-state index is 0.253. The second-order valence-electron chi connectivity index (χ2n) is 7.83. The van der Waals surface area contributed by atoms with Crippen LogP contribution in [0, 0.1) is 0 Å². The van der Waals surface area contributed by atoms with Gasteiger partial charge >= 0.3 is 0 Å². The number of nitrogens with zero attached hydrogens (tertiary/aromatic N) is 2. The number of hydrogen-bond donors (Lipinski definition) is 0. The fourth-order valence-corrected chi connectivity index (χ4v) is 5.29. The molecule has 4 atom stereocenters. The quantitative estimate of drug-likeness (QED) is 0.527. The van der Waals surface area contributed by atoms with Gasteiger partial charge in [-0.1, -0.05) is 65.8 Å². The number of fused-ring (bicyclic) bond motifs is 2. The molecule has 3 unspecified atom stereocenters. The zero-order chi connectivity index (χ0) is 19.1. The first-order chi connectivity index (χ1) is 13.7. The van der Waals surface area contributed by atoms with Crippen molar-refractivity contribution in [1.82, 2.24) is 10.1 Å². The minimum Gasteiger partial charge on any atom is -0.371 e. The van der Waals surface area contributed by atoms with Gasteiger partial charge in [-0.3, -0.25) is 0 Å². The minimum atomic E-state index is 0.253. The molecule has 0 radical (unpaired) electrons. The maximum Gasteiger partial charge on any atom is 0.143 e. The molecule has 0 spiro atoms. The van der Waals surface area contributed by atoms with Crippen molar-refractivity contribution < 1.29 is 4.52 Å². The molecule has 28 heavy (non-hydrogen) atoms. The number of piperidine rings is 1. The topological polar surface area (TPSA) is 29.3 Å².